The van der Waals surface area contributed by atoms with E-state index in [0.717, 1.165) is 43.3 Å². The van der Waals surface area contributed by atoms with E-state index in [1.165, 1.54) is 11.1 Å². The first-order valence-electron chi connectivity index (χ1n) is 10.3. The Hall–Kier alpha value is -2.34. The molecule has 6 heteroatoms. The number of aromatic nitrogens is 1. The van der Waals surface area contributed by atoms with Crippen molar-refractivity contribution in [1.82, 2.24) is 20.7 Å². The molecule has 0 fully saturated rings. The molecule has 0 saturated carbocycles. The van der Waals surface area contributed by atoms with Crippen molar-refractivity contribution in [2.75, 3.05) is 20.6 Å². The summed E-state index contributed by atoms with van der Waals surface area (Å²) >= 11 is 0. The van der Waals surface area contributed by atoms with Gasteiger partial charge in [0.05, 0.1) is 18.8 Å². The van der Waals surface area contributed by atoms with Crippen LogP contribution in [-0.2, 0) is 19.6 Å². The van der Waals surface area contributed by atoms with Crippen LogP contribution in [0.15, 0.2) is 39.8 Å². The van der Waals surface area contributed by atoms with Gasteiger partial charge in [-0.25, -0.2) is 4.99 Å². The molecule has 6 nitrogen and oxygen atoms in total. The van der Waals surface area contributed by atoms with Gasteiger partial charge in [0.25, 0.3) is 0 Å². The molecule has 2 rings (SSSR count). The van der Waals surface area contributed by atoms with Crippen LogP contribution in [0.2, 0.25) is 0 Å². The maximum atomic E-state index is 5.50. The number of rotatable bonds is 10. The summed E-state index contributed by atoms with van der Waals surface area (Å²) in [5.41, 5.74) is 3.59. The molecule has 1 aromatic carbocycles. The first-order valence-corrected chi connectivity index (χ1v) is 10.3. The average Bonchev–Trinajstić information content (AvgIpc) is 3.14. The number of hydrogen-bond donors (Lipinski definition) is 2. The highest BCUT2D eigenvalue weighted by molar-refractivity contribution is 5.79. The number of benzene rings is 1. The van der Waals surface area contributed by atoms with Crippen molar-refractivity contribution in [3.8, 4) is 0 Å². The van der Waals surface area contributed by atoms with Gasteiger partial charge in [0.15, 0.2) is 11.7 Å². The van der Waals surface area contributed by atoms with Gasteiger partial charge in [-0.05, 0) is 45.0 Å². The SMILES string of the molecule is CCNC(=NCc1ccccc1CN(C)C)NCc1cc(C(CC)CC)no1. The normalized spacial score (nSPS) is 12.0. The van der Waals surface area contributed by atoms with Crippen molar-refractivity contribution in [2.24, 2.45) is 4.99 Å². The van der Waals surface area contributed by atoms with Crippen LogP contribution in [0, 0.1) is 0 Å². The van der Waals surface area contributed by atoms with Crippen molar-refractivity contribution in [1.29, 1.82) is 0 Å². The number of nitrogens with zero attached hydrogens (tertiary/aromatic N) is 3. The van der Waals surface area contributed by atoms with Crippen LogP contribution >= 0.6 is 0 Å². The van der Waals surface area contributed by atoms with Gasteiger partial charge in [-0.2, -0.15) is 0 Å². The molecular formula is C22H35N5O. The van der Waals surface area contributed by atoms with Gasteiger partial charge in [0.2, 0.25) is 0 Å². The lowest BCUT2D eigenvalue weighted by molar-refractivity contribution is 0.368. The van der Waals surface area contributed by atoms with Crippen molar-refractivity contribution in [2.45, 2.75) is 59.2 Å². The summed E-state index contributed by atoms with van der Waals surface area (Å²) in [4.78, 5) is 6.93. The first kappa shape index (κ1) is 22.0. The molecule has 2 N–H and O–H groups in total. The number of nitrogens with one attached hydrogen (secondary N) is 2. The van der Waals surface area contributed by atoms with Crippen LogP contribution in [-0.4, -0.2) is 36.7 Å². The number of hydrogen-bond acceptors (Lipinski definition) is 4. The lowest BCUT2D eigenvalue weighted by atomic mass is 9.99. The topological polar surface area (TPSA) is 65.7 Å². The Morgan fingerprint density at radius 2 is 1.82 bits per heavy atom. The fourth-order valence-electron chi connectivity index (χ4n) is 3.20. The predicted octanol–water partition coefficient (Wildman–Crippen LogP) is 3.90. The molecule has 0 amide bonds. The molecule has 1 heterocycles. The lowest BCUT2D eigenvalue weighted by Gasteiger charge is -2.14. The van der Waals surface area contributed by atoms with Crippen LogP contribution in [0.1, 0.15) is 62.1 Å². The summed E-state index contributed by atoms with van der Waals surface area (Å²) in [6.45, 7) is 9.35. The molecule has 28 heavy (non-hydrogen) atoms. The van der Waals surface area contributed by atoms with Crippen LogP contribution in [0.25, 0.3) is 0 Å². The molecule has 0 unspecified atom stereocenters. The van der Waals surface area contributed by atoms with E-state index in [4.69, 9.17) is 9.52 Å². The van der Waals surface area contributed by atoms with Crippen molar-refractivity contribution in [3.63, 3.8) is 0 Å². The van der Waals surface area contributed by atoms with Gasteiger partial charge in [0, 0.05) is 25.1 Å². The Morgan fingerprint density at radius 1 is 1.11 bits per heavy atom. The Labute approximate surface area is 169 Å². The molecule has 0 saturated heterocycles. The van der Waals surface area contributed by atoms with Crippen molar-refractivity contribution in [3.05, 3.63) is 52.9 Å². The summed E-state index contributed by atoms with van der Waals surface area (Å²) < 4.78 is 5.50. The van der Waals surface area contributed by atoms with E-state index in [0.29, 0.717) is 19.0 Å². The van der Waals surface area contributed by atoms with Crippen LogP contribution < -0.4 is 10.6 Å². The minimum Gasteiger partial charge on any atom is -0.359 e. The fraction of sp³-hybridized carbons (Fsp3) is 0.545. The molecule has 0 bridgehead atoms. The minimum absolute atomic E-state index is 0.465. The van der Waals surface area contributed by atoms with Crippen molar-refractivity contribution < 1.29 is 4.52 Å². The third-order valence-corrected chi connectivity index (χ3v) is 4.77. The Morgan fingerprint density at radius 3 is 2.46 bits per heavy atom. The minimum atomic E-state index is 0.465. The predicted molar refractivity (Wildman–Crippen MR) is 115 cm³/mol. The lowest BCUT2D eigenvalue weighted by Crippen LogP contribution is -2.36. The zero-order valence-electron chi connectivity index (χ0n) is 18.0. The maximum Gasteiger partial charge on any atom is 0.191 e. The number of aliphatic imine (C=N–C) groups is 1. The molecule has 0 aliphatic carbocycles. The summed E-state index contributed by atoms with van der Waals surface area (Å²) in [5.74, 6) is 2.08. The van der Waals surface area contributed by atoms with E-state index in [1.54, 1.807) is 0 Å². The smallest absolute Gasteiger partial charge is 0.191 e. The van der Waals surface area contributed by atoms with Crippen LogP contribution in [0.4, 0.5) is 0 Å². The summed E-state index contributed by atoms with van der Waals surface area (Å²) in [6.07, 6.45) is 2.15. The Bertz CT molecular complexity index is 734. The second-order valence-corrected chi connectivity index (χ2v) is 7.29. The Balaban J connectivity index is 2.01. The van der Waals surface area contributed by atoms with E-state index in [1.807, 2.05) is 0 Å². The van der Waals surface area contributed by atoms with E-state index in [2.05, 4.69) is 85.9 Å². The molecule has 1 aromatic heterocycles. The third-order valence-electron chi connectivity index (χ3n) is 4.77. The van der Waals surface area contributed by atoms with E-state index >= 15 is 0 Å². The summed E-state index contributed by atoms with van der Waals surface area (Å²) in [7, 11) is 4.16. The monoisotopic (exact) mass is 385 g/mol. The largest absolute Gasteiger partial charge is 0.359 e. The number of guanidine groups is 1. The molecular weight excluding hydrogens is 350 g/mol. The molecule has 0 radical (unpaired) electrons. The van der Waals surface area contributed by atoms with Gasteiger partial charge >= 0.3 is 0 Å². The van der Waals surface area contributed by atoms with Crippen LogP contribution in [0.5, 0.6) is 0 Å². The average molecular weight is 386 g/mol. The zero-order chi connectivity index (χ0) is 20.4. The zero-order valence-corrected chi connectivity index (χ0v) is 18.0. The highest BCUT2D eigenvalue weighted by atomic mass is 16.5. The van der Waals surface area contributed by atoms with Gasteiger partial charge in [-0.1, -0.05) is 43.3 Å². The second-order valence-electron chi connectivity index (χ2n) is 7.29. The van der Waals surface area contributed by atoms with Gasteiger partial charge in [-0.15, -0.1) is 0 Å². The summed E-state index contributed by atoms with van der Waals surface area (Å²) in [6, 6.07) is 10.5. The first-order chi connectivity index (χ1) is 13.6. The molecule has 0 aliphatic heterocycles. The Kier molecular flexibility index (Phi) is 9.01. The molecule has 0 atom stereocenters. The van der Waals surface area contributed by atoms with E-state index in [-0.39, 0.29) is 0 Å². The maximum absolute atomic E-state index is 5.50. The standard InChI is InChI=1S/C22H35N5O/c1-6-17(7-2)21-13-20(28-26-21)15-25-22(23-8-3)24-14-18-11-9-10-12-19(18)16-27(4)5/h9-13,17H,6-8,14-16H2,1-5H3,(H2,23,24,25). The van der Waals surface area contributed by atoms with Gasteiger partial charge in [0.1, 0.15) is 0 Å². The van der Waals surface area contributed by atoms with E-state index < -0.39 is 0 Å². The second kappa shape index (κ2) is 11.5. The highest BCUT2D eigenvalue weighted by Crippen LogP contribution is 2.22. The molecule has 0 spiro atoms. The van der Waals surface area contributed by atoms with Gasteiger partial charge in [-0.3, -0.25) is 0 Å². The highest BCUT2D eigenvalue weighted by Gasteiger charge is 2.13. The molecule has 0 aliphatic rings. The van der Waals surface area contributed by atoms with Crippen LogP contribution in [0.3, 0.4) is 0 Å². The quantitative estimate of drug-likeness (QED) is 0.480. The summed E-state index contributed by atoms with van der Waals surface area (Å²) in [5, 5.41) is 10.9. The van der Waals surface area contributed by atoms with Crippen molar-refractivity contribution >= 4 is 5.96 Å². The fourth-order valence-corrected chi connectivity index (χ4v) is 3.20. The van der Waals surface area contributed by atoms with E-state index in [9.17, 15) is 0 Å². The molecule has 154 valence electrons. The molecule has 2 aromatic rings. The third kappa shape index (κ3) is 6.68. The van der Waals surface area contributed by atoms with Gasteiger partial charge < -0.3 is 20.1 Å².